The molecule has 128 valence electrons. The zero-order valence-corrected chi connectivity index (χ0v) is 14.9. The molecule has 0 unspecified atom stereocenters. The summed E-state index contributed by atoms with van der Waals surface area (Å²) in [5.74, 6) is -1.37. The highest BCUT2D eigenvalue weighted by molar-refractivity contribution is 9.10. The van der Waals surface area contributed by atoms with Crippen molar-refractivity contribution < 1.29 is 14.7 Å². The second kappa shape index (κ2) is 7.53. The quantitative estimate of drug-likeness (QED) is 0.661. The van der Waals surface area contributed by atoms with Gasteiger partial charge in [-0.05, 0) is 29.1 Å². The van der Waals surface area contributed by atoms with Gasteiger partial charge >= 0.3 is 5.97 Å². The minimum Gasteiger partial charge on any atom is -0.479 e. The molecular weight excluding hydrogens is 384 g/mol. The molecule has 0 spiro atoms. The number of carbonyl (C=O) groups excluding carboxylic acids is 1. The van der Waals surface area contributed by atoms with Gasteiger partial charge in [-0.1, -0.05) is 52.3 Å². The summed E-state index contributed by atoms with van der Waals surface area (Å²) in [7, 11) is 0. The van der Waals surface area contributed by atoms with E-state index in [2.05, 4.69) is 21.2 Å². The Hall–Kier alpha value is -2.60. The number of aromatic nitrogens is 1. The van der Waals surface area contributed by atoms with Crippen molar-refractivity contribution in [3.8, 4) is 0 Å². The maximum atomic E-state index is 12.2. The SMILES string of the molecule is O=C(CCn1ccc2ccc(Br)cc21)N[C@@H](C(=O)O)c1ccccc1. The number of fused-ring (bicyclic) bond motifs is 1. The van der Waals surface area contributed by atoms with E-state index >= 15 is 0 Å². The average Bonchev–Trinajstić information content (AvgIpc) is 3.00. The number of amides is 1. The van der Waals surface area contributed by atoms with Crippen molar-refractivity contribution in [2.24, 2.45) is 0 Å². The summed E-state index contributed by atoms with van der Waals surface area (Å²) in [5.41, 5.74) is 1.58. The Balaban J connectivity index is 1.67. The number of halogens is 1. The van der Waals surface area contributed by atoms with Gasteiger partial charge in [0.15, 0.2) is 6.04 Å². The van der Waals surface area contributed by atoms with Crippen LogP contribution in [0.2, 0.25) is 0 Å². The van der Waals surface area contributed by atoms with E-state index in [-0.39, 0.29) is 12.3 Å². The molecule has 5 nitrogen and oxygen atoms in total. The predicted octanol–water partition coefficient (Wildman–Crippen LogP) is 3.74. The van der Waals surface area contributed by atoms with Crippen molar-refractivity contribution in [2.45, 2.75) is 19.0 Å². The lowest BCUT2D eigenvalue weighted by Gasteiger charge is -2.15. The Morgan fingerprint density at radius 3 is 2.60 bits per heavy atom. The van der Waals surface area contributed by atoms with Crippen LogP contribution in [0.3, 0.4) is 0 Å². The van der Waals surface area contributed by atoms with Gasteiger partial charge in [-0.3, -0.25) is 4.79 Å². The van der Waals surface area contributed by atoms with Crippen LogP contribution in [-0.4, -0.2) is 21.6 Å². The molecular formula is C19H17BrN2O3. The summed E-state index contributed by atoms with van der Waals surface area (Å²) in [6.07, 6.45) is 2.13. The van der Waals surface area contributed by atoms with Crippen LogP contribution in [0, 0.1) is 0 Å². The summed E-state index contributed by atoms with van der Waals surface area (Å²) in [5, 5.41) is 13.1. The van der Waals surface area contributed by atoms with Crippen LogP contribution in [0.4, 0.5) is 0 Å². The van der Waals surface area contributed by atoms with Crippen LogP contribution < -0.4 is 5.32 Å². The zero-order valence-electron chi connectivity index (χ0n) is 13.4. The summed E-state index contributed by atoms with van der Waals surface area (Å²) < 4.78 is 2.96. The van der Waals surface area contributed by atoms with E-state index in [1.54, 1.807) is 30.3 Å². The molecule has 0 radical (unpaired) electrons. The highest BCUT2D eigenvalue weighted by Gasteiger charge is 2.21. The minimum atomic E-state index is -1.07. The molecule has 3 aromatic rings. The number of carboxylic acids is 1. The molecule has 1 amide bonds. The molecule has 3 rings (SSSR count). The van der Waals surface area contributed by atoms with Gasteiger partial charge in [0.05, 0.1) is 0 Å². The van der Waals surface area contributed by atoms with E-state index in [0.717, 1.165) is 15.4 Å². The molecule has 1 heterocycles. The van der Waals surface area contributed by atoms with Gasteiger partial charge in [-0.15, -0.1) is 0 Å². The Bertz CT molecular complexity index is 905. The van der Waals surface area contributed by atoms with Gasteiger partial charge in [0.1, 0.15) is 0 Å². The minimum absolute atomic E-state index is 0.201. The van der Waals surface area contributed by atoms with Gasteiger partial charge in [-0.25, -0.2) is 4.79 Å². The lowest BCUT2D eigenvalue weighted by molar-refractivity contribution is -0.142. The summed E-state index contributed by atoms with van der Waals surface area (Å²) in [4.78, 5) is 23.7. The fourth-order valence-electron chi connectivity index (χ4n) is 2.74. The molecule has 0 aliphatic carbocycles. The second-order valence-electron chi connectivity index (χ2n) is 5.71. The molecule has 1 aromatic heterocycles. The largest absolute Gasteiger partial charge is 0.479 e. The first-order chi connectivity index (χ1) is 12.0. The Morgan fingerprint density at radius 2 is 1.88 bits per heavy atom. The van der Waals surface area contributed by atoms with E-state index in [1.807, 2.05) is 35.0 Å². The molecule has 2 N–H and O–H groups in total. The van der Waals surface area contributed by atoms with E-state index < -0.39 is 12.0 Å². The first-order valence-electron chi connectivity index (χ1n) is 7.86. The highest BCUT2D eigenvalue weighted by Crippen LogP contribution is 2.21. The first kappa shape index (κ1) is 17.2. The van der Waals surface area contributed by atoms with Gasteiger partial charge in [0, 0.05) is 29.2 Å². The molecule has 0 saturated carbocycles. The maximum absolute atomic E-state index is 12.2. The van der Waals surface area contributed by atoms with Gasteiger partial charge in [0.2, 0.25) is 5.91 Å². The van der Waals surface area contributed by atoms with E-state index in [4.69, 9.17) is 0 Å². The lowest BCUT2D eigenvalue weighted by Crippen LogP contribution is -2.34. The summed E-state index contributed by atoms with van der Waals surface area (Å²) >= 11 is 3.45. The maximum Gasteiger partial charge on any atom is 0.330 e. The molecule has 0 aliphatic rings. The van der Waals surface area contributed by atoms with Crippen LogP contribution in [0.5, 0.6) is 0 Å². The molecule has 0 bridgehead atoms. The highest BCUT2D eigenvalue weighted by atomic mass is 79.9. The molecule has 0 saturated heterocycles. The number of hydrogen-bond donors (Lipinski definition) is 2. The van der Waals surface area contributed by atoms with Gasteiger partial charge in [0.25, 0.3) is 0 Å². The first-order valence-corrected chi connectivity index (χ1v) is 8.65. The number of aliphatic carboxylic acids is 1. The van der Waals surface area contributed by atoms with Crippen molar-refractivity contribution in [2.75, 3.05) is 0 Å². The standard InChI is InChI=1S/C19H17BrN2O3/c20-15-7-6-13-8-10-22(16(13)12-15)11-9-17(23)21-18(19(24)25)14-4-2-1-3-5-14/h1-8,10,12,18H,9,11H2,(H,21,23)(H,24,25)/t18-/m1/s1. The van der Waals surface area contributed by atoms with E-state index in [9.17, 15) is 14.7 Å². The van der Waals surface area contributed by atoms with Gasteiger partial charge < -0.3 is 15.0 Å². The number of benzene rings is 2. The van der Waals surface area contributed by atoms with Crippen LogP contribution >= 0.6 is 15.9 Å². The average molecular weight is 401 g/mol. The second-order valence-corrected chi connectivity index (χ2v) is 6.63. The van der Waals surface area contributed by atoms with Crippen LogP contribution in [0.15, 0.2) is 65.3 Å². The lowest BCUT2D eigenvalue weighted by atomic mass is 10.1. The fourth-order valence-corrected chi connectivity index (χ4v) is 3.09. The van der Waals surface area contributed by atoms with Crippen molar-refractivity contribution in [3.63, 3.8) is 0 Å². The number of hydrogen-bond acceptors (Lipinski definition) is 2. The van der Waals surface area contributed by atoms with Crippen molar-refractivity contribution >= 4 is 38.7 Å². The number of rotatable bonds is 6. The Morgan fingerprint density at radius 1 is 1.12 bits per heavy atom. The van der Waals surface area contributed by atoms with Crippen LogP contribution in [-0.2, 0) is 16.1 Å². The number of aryl methyl sites for hydroxylation is 1. The fraction of sp³-hybridized carbons (Fsp3) is 0.158. The van der Waals surface area contributed by atoms with E-state index in [0.29, 0.717) is 12.1 Å². The third-order valence-electron chi connectivity index (χ3n) is 4.00. The third-order valence-corrected chi connectivity index (χ3v) is 4.49. The molecule has 1 atom stereocenters. The monoisotopic (exact) mass is 400 g/mol. The predicted molar refractivity (Wildman–Crippen MR) is 99.2 cm³/mol. The molecule has 25 heavy (non-hydrogen) atoms. The normalized spacial score (nSPS) is 12.0. The van der Waals surface area contributed by atoms with Crippen molar-refractivity contribution in [3.05, 3.63) is 70.8 Å². The molecule has 0 fully saturated rings. The zero-order chi connectivity index (χ0) is 17.8. The van der Waals surface area contributed by atoms with Crippen molar-refractivity contribution in [1.82, 2.24) is 9.88 Å². The van der Waals surface area contributed by atoms with E-state index in [1.165, 1.54) is 0 Å². The number of carbonyl (C=O) groups is 2. The Kier molecular flexibility index (Phi) is 5.19. The third kappa shape index (κ3) is 4.09. The Labute approximate surface area is 153 Å². The number of nitrogens with zero attached hydrogens (tertiary/aromatic N) is 1. The summed E-state index contributed by atoms with van der Waals surface area (Å²) in [6.45, 7) is 0.479. The topological polar surface area (TPSA) is 71.3 Å². The number of nitrogens with one attached hydrogen (secondary N) is 1. The van der Waals surface area contributed by atoms with Crippen molar-refractivity contribution in [1.29, 1.82) is 0 Å². The smallest absolute Gasteiger partial charge is 0.330 e. The molecule has 0 aliphatic heterocycles. The van der Waals surface area contributed by atoms with Gasteiger partial charge in [-0.2, -0.15) is 0 Å². The van der Waals surface area contributed by atoms with Crippen LogP contribution in [0.1, 0.15) is 18.0 Å². The molecule has 2 aromatic carbocycles. The molecule has 6 heteroatoms. The summed E-state index contributed by atoms with van der Waals surface area (Å²) in [6, 6.07) is 15.6. The number of carboxylic acid groups (broad SMARTS) is 1. The van der Waals surface area contributed by atoms with Crippen LogP contribution in [0.25, 0.3) is 10.9 Å².